The number of rotatable bonds is 11. The molecular formula is C28H30FN3O6S2. The van der Waals surface area contributed by atoms with Crippen LogP contribution in [0.1, 0.15) is 35.7 Å². The Morgan fingerprint density at radius 1 is 1.02 bits per heavy atom. The molecule has 0 saturated heterocycles. The molecule has 1 N–H and O–H groups in total. The number of hydrogen-bond acceptors (Lipinski definition) is 7. The van der Waals surface area contributed by atoms with Gasteiger partial charge in [0.1, 0.15) is 17.4 Å². The van der Waals surface area contributed by atoms with E-state index < -0.39 is 31.6 Å². The Bertz CT molecular complexity index is 1740. The summed E-state index contributed by atoms with van der Waals surface area (Å²) < 4.78 is 71.7. The molecule has 0 spiro atoms. The summed E-state index contributed by atoms with van der Waals surface area (Å²) in [6, 6.07) is 15.2. The topological polar surface area (TPSA) is 127 Å². The summed E-state index contributed by atoms with van der Waals surface area (Å²) in [5.41, 5.74) is 1.27. The maximum atomic E-state index is 13.5. The minimum absolute atomic E-state index is 0.00246. The Morgan fingerprint density at radius 3 is 2.30 bits per heavy atom. The van der Waals surface area contributed by atoms with Gasteiger partial charge in [0.2, 0.25) is 15.7 Å². The normalized spacial score (nSPS) is 12.0. The van der Waals surface area contributed by atoms with Gasteiger partial charge in [0.15, 0.2) is 9.84 Å². The zero-order chi connectivity index (χ0) is 29.1. The van der Waals surface area contributed by atoms with Gasteiger partial charge in [-0.25, -0.2) is 21.2 Å². The Hall–Kier alpha value is -3.77. The molecule has 2 aromatic heterocycles. The van der Waals surface area contributed by atoms with Crippen LogP contribution in [-0.2, 0) is 26.3 Å². The molecule has 9 nitrogen and oxygen atoms in total. The van der Waals surface area contributed by atoms with Gasteiger partial charge in [-0.1, -0.05) is 25.1 Å². The second kappa shape index (κ2) is 11.8. The van der Waals surface area contributed by atoms with Crippen LogP contribution in [0.2, 0.25) is 0 Å². The number of aryl methyl sites for hydroxylation is 1. The Balaban J connectivity index is 1.70. The second-order valence-electron chi connectivity index (χ2n) is 9.24. The first kappa shape index (κ1) is 29.2. The quantitative estimate of drug-likeness (QED) is 0.255. The van der Waals surface area contributed by atoms with Gasteiger partial charge in [0, 0.05) is 19.2 Å². The fraction of sp³-hybridized carbons (Fsp3) is 0.286. The lowest BCUT2D eigenvalue weighted by Gasteiger charge is -2.23. The molecule has 212 valence electrons. The molecule has 0 aliphatic carbocycles. The standard InChI is InChI=1S/C28H30FN3O6S2/c1-4-19-18-23-24(27(33)30-2)25(20-12-14-21(29)15-13-20)38-28(23)31-26(19)32(39(3,34)35)16-8-9-17-40(36,37)22-10-6-5-7-11-22/h5-7,10-15,18H,4,8-9,16-17H2,1-3H3,(H,30,33). The molecule has 1 amide bonds. The van der Waals surface area contributed by atoms with Crippen molar-refractivity contribution in [3.8, 4) is 11.3 Å². The highest BCUT2D eigenvalue weighted by Gasteiger charge is 2.27. The Labute approximate surface area is 233 Å². The van der Waals surface area contributed by atoms with E-state index in [0.29, 0.717) is 22.9 Å². The average Bonchev–Trinajstić information content (AvgIpc) is 3.30. The fourth-order valence-electron chi connectivity index (χ4n) is 4.41. The third-order valence-corrected chi connectivity index (χ3v) is 9.42. The first-order valence-electron chi connectivity index (χ1n) is 12.7. The summed E-state index contributed by atoms with van der Waals surface area (Å²) in [4.78, 5) is 17.6. The number of aromatic nitrogens is 1. The monoisotopic (exact) mass is 587 g/mol. The van der Waals surface area contributed by atoms with Crippen molar-refractivity contribution in [1.82, 2.24) is 10.3 Å². The average molecular weight is 588 g/mol. The van der Waals surface area contributed by atoms with Crippen LogP contribution >= 0.6 is 0 Å². The number of anilines is 1. The molecule has 0 saturated carbocycles. The van der Waals surface area contributed by atoms with E-state index in [9.17, 15) is 26.0 Å². The minimum Gasteiger partial charge on any atom is -0.437 e. The van der Waals surface area contributed by atoms with Crippen molar-refractivity contribution in [2.75, 3.05) is 29.9 Å². The summed E-state index contributed by atoms with van der Waals surface area (Å²) >= 11 is 0. The van der Waals surface area contributed by atoms with Crippen LogP contribution in [0.25, 0.3) is 22.4 Å². The zero-order valence-corrected chi connectivity index (χ0v) is 24.0. The van der Waals surface area contributed by atoms with Crippen molar-refractivity contribution in [2.45, 2.75) is 31.1 Å². The molecule has 0 aliphatic heterocycles. The van der Waals surface area contributed by atoms with Crippen molar-refractivity contribution in [3.05, 3.63) is 77.6 Å². The van der Waals surface area contributed by atoms with Crippen molar-refractivity contribution < 1.29 is 30.4 Å². The number of furan rings is 1. The SMILES string of the molecule is CCc1cc2c(C(=O)NC)c(-c3ccc(F)cc3)oc2nc1N(CCCCS(=O)(=O)c1ccccc1)S(C)(=O)=O. The summed E-state index contributed by atoms with van der Waals surface area (Å²) in [5, 5.41) is 2.97. The first-order chi connectivity index (χ1) is 19.0. The second-order valence-corrected chi connectivity index (χ2v) is 13.3. The van der Waals surface area contributed by atoms with Gasteiger partial charge < -0.3 is 9.73 Å². The molecule has 40 heavy (non-hydrogen) atoms. The van der Waals surface area contributed by atoms with Crippen LogP contribution in [0.3, 0.4) is 0 Å². The number of carbonyl (C=O) groups excluding carboxylic acids is 1. The molecule has 0 radical (unpaired) electrons. The summed E-state index contributed by atoms with van der Waals surface area (Å²) in [6.07, 6.45) is 1.96. The van der Waals surface area contributed by atoms with E-state index in [4.69, 9.17) is 4.42 Å². The molecular weight excluding hydrogens is 557 g/mol. The number of sulfone groups is 1. The molecule has 0 fully saturated rings. The van der Waals surface area contributed by atoms with Crippen LogP contribution in [0, 0.1) is 5.82 Å². The van der Waals surface area contributed by atoms with E-state index in [0.717, 1.165) is 10.6 Å². The molecule has 4 rings (SSSR count). The molecule has 12 heteroatoms. The number of amides is 1. The number of fused-ring (bicyclic) bond motifs is 1. The highest BCUT2D eigenvalue weighted by atomic mass is 32.2. The number of nitrogens with one attached hydrogen (secondary N) is 1. The Morgan fingerprint density at radius 2 is 1.70 bits per heavy atom. The third-order valence-electron chi connectivity index (χ3n) is 6.44. The van der Waals surface area contributed by atoms with Gasteiger partial charge in [-0.3, -0.25) is 9.10 Å². The van der Waals surface area contributed by atoms with E-state index in [1.165, 1.54) is 43.4 Å². The molecule has 0 atom stereocenters. The van der Waals surface area contributed by atoms with Crippen LogP contribution < -0.4 is 9.62 Å². The number of pyridine rings is 1. The Kier molecular flexibility index (Phi) is 8.59. The maximum Gasteiger partial charge on any atom is 0.255 e. The van der Waals surface area contributed by atoms with Gasteiger partial charge in [-0.15, -0.1) is 0 Å². The zero-order valence-electron chi connectivity index (χ0n) is 22.3. The van der Waals surface area contributed by atoms with E-state index in [1.807, 2.05) is 6.92 Å². The van der Waals surface area contributed by atoms with Gasteiger partial charge in [0.05, 0.1) is 27.9 Å². The predicted molar refractivity (Wildman–Crippen MR) is 152 cm³/mol. The smallest absolute Gasteiger partial charge is 0.255 e. The van der Waals surface area contributed by atoms with E-state index in [2.05, 4.69) is 10.3 Å². The lowest BCUT2D eigenvalue weighted by atomic mass is 10.0. The van der Waals surface area contributed by atoms with Gasteiger partial charge in [-0.05, 0) is 67.3 Å². The van der Waals surface area contributed by atoms with Crippen molar-refractivity contribution in [1.29, 1.82) is 0 Å². The van der Waals surface area contributed by atoms with Crippen molar-refractivity contribution in [3.63, 3.8) is 0 Å². The fourth-order valence-corrected chi connectivity index (χ4v) is 6.73. The van der Waals surface area contributed by atoms with Crippen molar-refractivity contribution >= 4 is 42.7 Å². The largest absolute Gasteiger partial charge is 0.437 e. The number of sulfonamides is 1. The number of halogens is 1. The predicted octanol–water partition coefficient (Wildman–Crippen LogP) is 4.58. The number of hydrogen-bond donors (Lipinski definition) is 1. The molecule has 0 unspecified atom stereocenters. The number of nitrogens with zero attached hydrogens (tertiary/aromatic N) is 2. The van der Waals surface area contributed by atoms with Crippen LogP contribution in [0.4, 0.5) is 10.2 Å². The molecule has 4 aromatic rings. The summed E-state index contributed by atoms with van der Waals surface area (Å²) in [5.74, 6) is -0.690. The first-order valence-corrected chi connectivity index (χ1v) is 16.2. The highest BCUT2D eigenvalue weighted by Crippen LogP contribution is 2.36. The highest BCUT2D eigenvalue weighted by molar-refractivity contribution is 7.92. The molecule has 0 aliphatic rings. The minimum atomic E-state index is -3.81. The van der Waals surface area contributed by atoms with Crippen LogP contribution in [0.5, 0.6) is 0 Å². The van der Waals surface area contributed by atoms with Crippen LogP contribution in [-0.4, -0.2) is 53.3 Å². The number of carbonyl (C=O) groups is 1. The lowest BCUT2D eigenvalue weighted by Crippen LogP contribution is -2.32. The van der Waals surface area contributed by atoms with E-state index in [-0.39, 0.29) is 52.9 Å². The molecule has 0 bridgehead atoms. The molecule has 2 aromatic carbocycles. The van der Waals surface area contributed by atoms with Crippen LogP contribution in [0.15, 0.2) is 70.0 Å². The lowest BCUT2D eigenvalue weighted by molar-refractivity contribution is 0.0964. The summed E-state index contributed by atoms with van der Waals surface area (Å²) in [7, 11) is -5.84. The number of unbranched alkanes of at least 4 members (excludes halogenated alkanes) is 1. The molecule has 2 heterocycles. The maximum absolute atomic E-state index is 13.5. The van der Waals surface area contributed by atoms with E-state index in [1.54, 1.807) is 24.3 Å². The number of benzene rings is 2. The van der Waals surface area contributed by atoms with Gasteiger partial charge >= 0.3 is 0 Å². The third kappa shape index (κ3) is 6.18. The van der Waals surface area contributed by atoms with Gasteiger partial charge in [-0.2, -0.15) is 4.98 Å². The van der Waals surface area contributed by atoms with Crippen molar-refractivity contribution in [2.24, 2.45) is 0 Å². The van der Waals surface area contributed by atoms with E-state index >= 15 is 0 Å². The van der Waals surface area contributed by atoms with Gasteiger partial charge in [0.25, 0.3) is 5.91 Å². The summed E-state index contributed by atoms with van der Waals surface area (Å²) in [6.45, 7) is 1.84.